The van der Waals surface area contributed by atoms with E-state index in [9.17, 15) is 4.79 Å². The SMILES string of the molecule is Cc1ccc(=O)n(CC2CCN(c3ncc(Cl)cn3)CC2)n1. The van der Waals surface area contributed by atoms with E-state index in [2.05, 4.69) is 20.0 Å². The Morgan fingerprint density at radius 1 is 1.23 bits per heavy atom. The Morgan fingerprint density at radius 2 is 1.91 bits per heavy atom. The van der Waals surface area contributed by atoms with Gasteiger partial charge in [0.25, 0.3) is 5.56 Å². The molecule has 0 aromatic carbocycles. The minimum atomic E-state index is -0.0333. The van der Waals surface area contributed by atoms with E-state index in [1.54, 1.807) is 29.2 Å². The van der Waals surface area contributed by atoms with Crippen molar-refractivity contribution in [2.75, 3.05) is 18.0 Å². The second-order valence-electron chi connectivity index (χ2n) is 5.63. The van der Waals surface area contributed by atoms with E-state index in [0.717, 1.165) is 31.6 Å². The van der Waals surface area contributed by atoms with Crippen molar-refractivity contribution in [2.24, 2.45) is 5.92 Å². The van der Waals surface area contributed by atoms with Gasteiger partial charge in [-0.3, -0.25) is 4.79 Å². The molecule has 6 nitrogen and oxygen atoms in total. The topological polar surface area (TPSA) is 63.9 Å². The van der Waals surface area contributed by atoms with Crippen molar-refractivity contribution < 1.29 is 0 Å². The summed E-state index contributed by atoms with van der Waals surface area (Å²) in [5.41, 5.74) is 0.834. The smallest absolute Gasteiger partial charge is 0.266 e. The summed E-state index contributed by atoms with van der Waals surface area (Å²) in [6, 6.07) is 3.33. The molecule has 1 aliphatic rings. The average Bonchev–Trinajstić information content (AvgIpc) is 2.53. The molecule has 0 bridgehead atoms. The first-order chi connectivity index (χ1) is 10.6. The predicted octanol–water partition coefficient (Wildman–Crippen LogP) is 1.91. The Labute approximate surface area is 133 Å². The molecule has 0 amide bonds. The van der Waals surface area contributed by atoms with Crippen LogP contribution in [0.15, 0.2) is 29.3 Å². The fourth-order valence-electron chi connectivity index (χ4n) is 2.71. The lowest BCUT2D eigenvalue weighted by Gasteiger charge is -2.31. The van der Waals surface area contributed by atoms with E-state index in [1.807, 2.05) is 6.92 Å². The van der Waals surface area contributed by atoms with Crippen LogP contribution in [0.1, 0.15) is 18.5 Å². The maximum Gasteiger partial charge on any atom is 0.266 e. The summed E-state index contributed by atoms with van der Waals surface area (Å²) in [6.45, 7) is 4.34. The van der Waals surface area contributed by atoms with Crippen molar-refractivity contribution in [1.82, 2.24) is 19.7 Å². The Balaban J connectivity index is 1.61. The number of piperidine rings is 1. The molecule has 0 aliphatic carbocycles. The van der Waals surface area contributed by atoms with E-state index in [1.165, 1.54) is 0 Å². The van der Waals surface area contributed by atoms with Gasteiger partial charge in [0.15, 0.2) is 0 Å². The van der Waals surface area contributed by atoms with Gasteiger partial charge in [0, 0.05) is 25.7 Å². The van der Waals surface area contributed by atoms with Crippen molar-refractivity contribution in [1.29, 1.82) is 0 Å². The molecule has 0 radical (unpaired) electrons. The highest BCUT2D eigenvalue weighted by molar-refractivity contribution is 6.30. The number of hydrogen-bond donors (Lipinski definition) is 0. The molecule has 3 heterocycles. The summed E-state index contributed by atoms with van der Waals surface area (Å²) >= 11 is 5.81. The first kappa shape index (κ1) is 15.0. The maximum atomic E-state index is 11.8. The summed E-state index contributed by atoms with van der Waals surface area (Å²) < 4.78 is 1.58. The molecule has 3 rings (SSSR count). The molecule has 116 valence electrons. The Kier molecular flexibility index (Phi) is 4.38. The lowest BCUT2D eigenvalue weighted by Crippen LogP contribution is -2.37. The molecule has 7 heteroatoms. The van der Waals surface area contributed by atoms with Crippen LogP contribution in [-0.4, -0.2) is 32.8 Å². The molecule has 0 spiro atoms. The van der Waals surface area contributed by atoms with Crippen LogP contribution in [0.25, 0.3) is 0 Å². The summed E-state index contributed by atoms with van der Waals surface area (Å²) in [5.74, 6) is 1.17. The van der Waals surface area contributed by atoms with Crippen LogP contribution in [-0.2, 0) is 6.54 Å². The standard InChI is InChI=1S/C15H18ClN5O/c1-11-2-3-14(22)21(19-11)10-12-4-6-20(7-5-12)15-17-8-13(16)9-18-15/h2-3,8-9,12H,4-7,10H2,1H3. The average molecular weight is 320 g/mol. The number of hydrogen-bond acceptors (Lipinski definition) is 5. The molecule has 1 saturated heterocycles. The maximum absolute atomic E-state index is 11.8. The zero-order valence-corrected chi connectivity index (χ0v) is 13.2. The second-order valence-corrected chi connectivity index (χ2v) is 6.06. The minimum absolute atomic E-state index is 0.0333. The number of aryl methyl sites for hydroxylation is 1. The van der Waals surface area contributed by atoms with Gasteiger partial charge in [-0.2, -0.15) is 5.10 Å². The van der Waals surface area contributed by atoms with Crippen LogP contribution in [0.3, 0.4) is 0 Å². The van der Waals surface area contributed by atoms with Gasteiger partial charge in [-0.05, 0) is 31.7 Å². The minimum Gasteiger partial charge on any atom is -0.341 e. The largest absolute Gasteiger partial charge is 0.341 e. The molecule has 1 fully saturated rings. The lowest BCUT2D eigenvalue weighted by molar-refractivity contribution is 0.332. The summed E-state index contributed by atoms with van der Waals surface area (Å²) in [6.07, 6.45) is 5.22. The van der Waals surface area contributed by atoms with Gasteiger partial charge in [0.1, 0.15) is 0 Å². The predicted molar refractivity (Wildman–Crippen MR) is 85.2 cm³/mol. The second kappa shape index (κ2) is 6.44. The number of halogens is 1. The van der Waals surface area contributed by atoms with E-state index >= 15 is 0 Å². The first-order valence-corrected chi connectivity index (χ1v) is 7.77. The fraction of sp³-hybridized carbons (Fsp3) is 0.467. The van der Waals surface area contributed by atoms with Gasteiger partial charge < -0.3 is 4.90 Å². The molecular weight excluding hydrogens is 302 g/mol. The van der Waals surface area contributed by atoms with Crippen molar-refractivity contribution in [2.45, 2.75) is 26.3 Å². The monoisotopic (exact) mass is 319 g/mol. The molecular formula is C15H18ClN5O. The summed E-state index contributed by atoms with van der Waals surface area (Å²) in [7, 11) is 0. The van der Waals surface area contributed by atoms with Crippen LogP contribution in [0.2, 0.25) is 5.02 Å². The van der Waals surface area contributed by atoms with Gasteiger partial charge in [0.05, 0.1) is 23.1 Å². The van der Waals surface area contributed by atoms with Crippen LogP contribution in [0, 0.1) is 12.8 Å². The molecule has 0 atom stereocenters. The molecule has 0 unspecified atom stereocenters. The number of nitrogens with zero attached hydrogens (tertiary/aromatic N) is 5. The fourth-order valence-corrected chi connectivity index (χ4v) is 2.81. The quantitative estimate of drug-likeness (QED) is 0.864. The number of aromatic nitrogens is 4. The summed E-state index contributed by atoms with van der Waals surface area (Å²) in [4.78, 5) is 22.5. The van der Waals surface area contributed by atoms with E-state index < -0.39 is 0 Å². The molecule has 1 aliphatic heterocycles. The molecule has 0 N–H and O–H groups in total. The van der Waals surface area contributed by atoms with E-state index in [0.29, 0.717) is 23.4 Å². The van der Waals surface area contributed by atoms with Crippen molar-refractivity contribution in [3.8, 4) is 0 Å². The third-order valence-electron chi connectivity index (χ3n) is 3.94. The van der Waals surface area contributed by atoms with E-state index in [4.69, 9.17) is 11.6 Å². The third-order valence-corrected chi connectivity index (χ3v) is 4.13. The van der Waals surface area contributed by atoms with Crippen LogP contribution >= 0.6 is 11.6 Å². The highest BCUT2D eigenvalue weighted by Gasteiger charge is 2.21. The van der Waals surface area contributed by atoms with E-state index in [-0.39, 0.29) is 5.56 Å². The zero-order chi connectivity index (χ0) is 15.5. The Bertz CT molecular complexity index is 692. The van der Waals surface area contributed by atoms with Crippen molar-refractivity contribution in [3.05, 3.63) is 45.6 Å². The van der Waals surface area contributed by atoms with Crippen molar-refractivity contribution >= 4 is 17.5 Å². The van der Waals surface area contributed by atoms with Gasteiger partial charge >= 0.3 is 0 Å². The van der Waals surface area contributed by atoms with Gasteiger partial charge in [-0.1, -0.05) is 11.6 Å². The van der Waals surface area contributed by atoms with Gasteiger partial charge in [0.2, 0.25) is 5.95 Å². The van der Waals surface area contributed by atoms with Crippen molar-refractivity contribution in [3.63, 3.8) is 0 Å². The Morgan fingerprint density at radius 3 is 2.59 bits per heavy atom. The highest BCUT2D eigenvalue weighted by atomic mass is 35.5. The van der Waals surface area contributed by atoms with Gasteiger partial charge in [-0.25, -0.2) is 14.6 Å². The molecule has 22 heavy (non-hydrogen) atoms. The highest BCUT2D eigenvalue weighted by Crippen LogP contribution is 2.21. The van der Waals surface area contributed by atoms with Crippen LogP contribution < -0.4 is 10.5 Å². The normalized spacial score (nSPS) is 16.0. The summed E-state index contributed by atoms with van der Waals surface area (Å²) in [5, 5.41) is 4.85. The molecule has 2 aromatic rings. The zero-order valence-electron chi connectivity index (χ0n) is 12.4. The first-order valence-electron chi connectivity index (χ1n) is 7.39. The Hall–Kier alpha value is -1.95. The molecule has 0 saturated carbocycles. The number of rotatable bonds is 3. The third kappa shape index (κ3) is 3.44. The van der Waals surface area contributed by atoms with Gasteiger partial charge in [-0.15, -0.1) is 0 Å². The number of anilines is 1. The molecule has 2 aromatic heterocycles. The van der Waals surface area contributed by atoms with Crippen LogP contribution in [0.4, 0.5) is 5.95 Å². The lowest BCUT2D eigenvalue weighted by atomic mass is 9.97. The van der Waals surface area contributed by atoms with Crippen LogP contribution in [0.5, 0.6) is 0 Å².